The molecule has 1 fully saturated rings. The third-order valence-electron chi connectivity index (χ3n) is 7.60. The van der Waals surface area contributed by atoms with E-state index in [9.17, 15) is 18.0 Å². The molecule has 1 aliphatic heterocycles. The molecule has 0 saturated heterocycles. The fraction of sp³-hybridized carbons (Fsp3) is 0.310. The predicted molar refractivity (Wildman–Crippen MR) is 156 cm³/mol. The Kier molecular flexibility index (Phi) is 8.98. The number of nitrogens with zero attached hydrogens (tertiary/aromatic N) is 1. The van der Waals surface area contributed by atoms with Crippen LogP contribution in [-0.2, 0) is 26.4 Å². The lowest BCUT2D eigenvalue weighted by molar-refractivity contribution is -0.138. The zero-order chi connectivity index (χ0) is 29.1. The number of fused-ring (bicyclic) bond motifs is 1. The molecule has 2 aliphatic rings. The number of nitrogens with two attached hydrogens (primary N) is 1. The number of hydrogen-bond acceptors (Lipinski definition) is 5. The van der Waals surface area contributed by atoms with Gasteiger partial charge in [-0.15, -0.1) is 0 Å². The molecule has 0 radical (unpaired) electrons. The molecule has 1 aliphatic carbocycles. The van der Waals surface area contributed by atoms with Gasteiger partial charge in [-0.2, -0.15) is 13.1 Å². The fourth-order valence-corrected chi connectivity index (χ4v) is 7.11. The average Bonchev–Trinajstić information content (AvgIpc) is 2.93. The van der Waals surface area contributed by atoms with Crippen LogP contribution in [0.15, 0.2) is 72.8 Å². The second kappa shape index (κ2) is 12.5. The smallest absolute Gasteiger partial charge is 0.274 e. The van der Waals surface area contributed by atoms with Crippen molar-refractivity contribution in [3.8, 4) is 0 Å². The van der Waals surface area contributed by atoms with E-state index in [1.807, 2.05) is 30.3 Å². The van der Waals surface area contributed by atoms with E-state index in [1.54, 1.807) is 47.4 Å². The van der Waals surface area contributed by atoms with Gasteiger partial charge in [0.1, 0.15) is 0 Å². The molecule has 2 amide bonds. The van der Waals surface area contributed by atoms with Crippen LogP contribution in [0.2, 0.25) is 10.0 Å². The summed E-state index contributed by atoms with van der Waals surface area (Å²) in [5.41, 5.74) is 4.81. The molecular weight excluding hydrogens is 587 g/mol. The standard InChI is InChI=1S/C29H30Cl2N4O5S/c30-19-14-15-22(23(31)16-19)27-26(28(36)33-40-17-18-8-2-1-3-9-18)20-10-4-5-11-21(20)29(37)35(27)25-13-7-6-12-24(25)34-41(32,38)39/h1-5,8-11,14-16,24-27,34H,6-7,12-13,17H2,(H,33,36)(H2,32,38,39)/t24-,25-,26+,27-/m0/s1. The Morgan fingerprint density at radius 1 is 0.976 bits per heavy atom. The Hall–Kier alpha value is -2.99. The molecule has 1 saturated carbocycles. The maximum absolute atomic E-state index is 14.2. The van der Waals surface area contributed by atoms with Crippen molar-refractivity contribution in [2.75, 3.05) is 0 Å². The van der Waals surface area contributed by atoms with Crippen LogP contribution in [0, 0.1) is 0 Å². The van der Waals surface area contributed by atoms with Crippen molar-refractivity contribution in [2.45, 2.75) is 56.3 Å². The van der Waals surface area contributed by atoms with Crippen molar-refractivity contribution in [3.05, 3.63) is 105 Å². The minimum atomic E-state index is -4.07. The van der Waals surface area contributed by atoms with Gasteiger partial charge in [0.15, 0.2) is 0 Å². The number of hydrogen-bond donors (Lipinski definition) is 3. The molecule has 5 rings (SSSR count). The summed E-state index contributed by atoms with van der Waals surface area (Å²) in [6, 6.07) is 19.0. The first-order valence-corrected chi connectivity index (χ1v) is 15.6. The largest absolute Gasteiger partial charge is 0.326 e. The lowest BCUT2D eigenvalue weighted by Crippen LogP contribution is -2.59. The van der Waals surface area contributed by atoms with Crippen LogP contribution in [0.5, 0.6) is 0 Å². The maximum atomic E-state index is 14.2. The molecule has 4 N–H and O–H groups in total. The van der Waals surface area contributed by atoms with E-state index >= 15 is 0 Å². The molecule has 41 heavy (non-hydrogen) atoms. The first-order valence-electron chi connectivity index (χ1n) is 13.3. The van der Waals surface area contributed by atoms with E-state index in [1.165, 1.54) is 0 Å². The van der Waals surface area contributed by atoms with Crippen LogP contribution in [0.4, 0.5) is 0 Å². The molecule has 0 aromatic heterocycles. The van der Waals surface area contributed by atoms with Gasteiger partial charge in [-0.1, -0.05) is 90.6 Å². The minimum absolute atomic E-state index is 0.138. The monoisotopic (exact) mass is 616 g/mol. The van der Waals surface area contributed by atoms with E-state index in [0.29, 0.717) is 34.6 Å². The molecule has 3 aromatic carbocycles. The van der Waals surface area contributed by atoms with Gasteiger partial charge in [-0.05, 0) is 47.7 Å². The van der Waals surface area contributed by atoms with Gasteiger partial charge in [-0.25, -0.2) is 10.6 Å². The molecule has 216 valence electrons. The number of carbonyl (C=O) groups excluding carboxylic acids is 2. The quantitative estimate of drug-likeness (QED) is 0.318. The normalized spacial score (nSPS) is 22.7. The highest BCUT2D eigenvalue weighted by atomic mass is 35.5. The summed E-state index contributed by atoms with van der Waals surface area (Å²) in [6.07, 6.45) is 2.50. The lowest BCUT2D eigenvalue weighted by atomic mass is 9.76. The van der Waals surface area contributed by atoms with Crippen molar-refractivity contribution in [1.82, 2.24) is 15.1 Å². The Balaban J connectivity index is 1.60. The summed E-state index contributed by atoms with van der Waals surface area (Å²) in [5, 5.41) is 6.04. The number of carbonyl (C=O) groups is 2. The third-order valence-corrected chi connectivity index (χ3v) is 8.79. The number of benzene rings is 3. The van der Waals surface area contributed by atoms with Crippen LogP contribution < -0.4 is 15.3 Å². The van der Waals surface area contributed by atoms with Gasteiger partial charge in [0.25, 0.3) is 22.0 Å². The number of nitrogens with one attached hydrogen (secondary N) is 2. The third kappa shape index (κ3) is 6.58. The summed E-state index contributed by atoms with van der Waals surface area (Å²) in [7, 11) is -4.07. The Bertz CT molecular complexity index is 1540. The van der Waals surface area contributed by atoms with Gasteiger partial charge >= 0.3 is 0 Å². The summed E-state index contributed by atoms with van der Waals surface area (Å²) in [6.45, 7) is 0.138. The van der Waals surface area contributed by atoms with Gasteiger partial charge < -0.3 is 4.90 Å². The molecule has 0 unspecified atom stereocenters. The van der Waals surface area contributed by atoms with Crippen LogP contribution in [0.25, 0.3) is 0 Å². The molecule has 3 aromatic rings. The molecule has 0 spiro atoms. The summed E-state index contributed by atoms with van der Waals surface area (Å²) in [4.78, 5) is 35.4. The highest BCUT2D eigenvalue weighted by Crippen LogP contribution is 2.47. The summed E-state index contributed by atoms with van der Waals surface area (Å²) in [5.74, 6) is -1.75. The molecule has 1 heterocycles. The Morgan fingerprint density at radius 3 is 2.41 bits per heavy atom. The van der Waals surface area contributed by atoms with Gasteiger partial charge in [0.05, 0.1) is 18.6 Å². The zero-order valence-corrected chi connectivity index (χ0v) is 24.3. The first kappa shape index (κ1) is 29.5. The SMILES string of the molecule is NS(=O)(=O)N[C@H]1CCCC[C@@H]1N1C(=O)c2ccccc2[C@@H](C(=O)NOCc2ccccc2)[C@@H]1c1ccc(Cl)cc1Cl. The zero-order valence-electron chi connectivity index (χ0n) is 22.0. The number of hydroxylamine groups is 1. The Labute approximate surface area is 249 Å². The number of rotatable bonds is 8. The topological polar surface area (TPSA) is 131 Å². The van der Waals surface area contributed by atoms with Crippen molar-refractivity contribution in [3.63, 3.8) is 0 Å². The van der Waals surface area contributed by atoms with E-state index in [2.05, 4.69) is 10.2 Å². The Morgan fingerprint density at radius 2 is 1.68 bits per heavy atom. The van der Waals surface area contributed by atoms with Crippen LogP contribution >= 0.6 is 23.2 Å². The molecule has 0 bridgehead atoms. The van der Waals surface area contributed by atoms with Crippen molar-refractivity contribution >= 4 is 45.2 Å². The summed E-state index contributed by atoms with van der Waals surface area (Å²) < 4.78 is 26.7. The van der Waals surface area contributed by atoms with Crippen LogP contribution in [-0.4, -0.2) is 37.2 Å². The van der Waals surface area contributed by atoms with E-state index in [4.69, 9.17) is 33.2 Å². The summed E-state index contributed by atoms with van der Waals surface area (Å²) >= 11 is 12.9. The number of amides is 2. The van der Waals surface area contributed by atoms with Crippen LogP contribution in [0.3, 0.4) is 0 Å². The van der Waals surface area contributed by atoms with Gasteiger partial charge in [-0.3, -0.25) is 14.4 Å². The van der Waals surface area contributed by atoms with Crippen LogP contribution in [0.1, 0.15) is 64.7 Å². The van der Waals surface area contributed by atoms with Crippen molar-refractivity contribution < 1.29 is 22.8 Å². The van der Waals surface area contributed by atoms with Gasteiger partial charge in [0.2, 0.25) is 0 Å². The fourth-order valence-electron chi connectivity index (χ4n) is 5.89. The second-order valence-corrected chi connectivity index (χ2v) is 12.4. The van der Waals surface area contributed by atoms with E-state index in [-0.39, 0.29) is 17.5 Å². The van der Waals surface area contributed by atoms with Gasteiger partial charge in [0, 0.05) is 27.7 Å². The lowest BCUT2D eigenvalue weighted by Gasteiger charge is -2.49. The van der Waals surface area contributed by atoms with Crippen molar-refractivity contribution in [2.24, 2.45) is 5.14 Å². The predicted octanol–water partition coefficient (Wildman–Crippen LogP) is 4.63. The maximum Gasteiger partial charge on any atom is 0.274 e. The number of halogens is 2. The second-order valence-electron chi connectivity index (χ2n) is 10.2. The van der Waals surface area contributed by atoms with E-state index in [0.717, 1.165) is 18.4 Å². The minimum Gasteiger partial charge on any atom is -0.326 e. The van der Waals surface area contributed by atoms with Crippen molar-refractivity contribution in [1.29, 1.82) is 0 Å². The average molecular weight is 618 g/mol. The molecule has 9 nitrogen and oxygen atoms in total. The molecule has 12 heteroatoms. The van der Waals surface area contributed by atoms with E-state index < -0.39 is 40.2 Å². The highest BCUT2D eigenvalue weighted by molar-refractivity contribution is 7.87. The first-order chi connectivity index (χ1) is 19.6. The molecule has 4 atom stereocenters. The molecular formula is C29H30Cl2N4O5S. The highest BCUT2D eigenvalue weighted by Gasteiger charge is 2.49.